The summed E-state index contributed by atoms with van der Waals surface area (Å²) >= 11 is 0. The van der Waals surface area contributed by atoms with Gasteiger partial charge in [0.1, 0.15) is 0 Å². The van der Waals surface area contributed by atoms with Crippen LogP contribution in [-0.4, -0.2) is 0 Å². The molecule has 0 aromatic carbocycles. The van der Waals surface area contributed by atoms with E-state index in [0.29, 0.717) is 0 Å². The van der Waals surface area contributed by atoms with Crippen molar-refractivity contribution in [2.75, 3.05) is 0 Å². The van der Waals surface area contributed by atoms with Gasteiger partial charge in [-0.25, -0.2) is 0 Å². The van der Waals surface area contributed by atoms with E-state index in [1.54, 1.807) is 0 Å². The average Bonchev–Trinajstić information content (AvgIpc) is 1.80. The summed E-state index contributed by atoms with van der Waals surface area (Å²) in [4.78, 5) is 0. The van der Waals surface area contributed by atoms with Crippen LogP contribution in [0.3, 0.4) is 0 Å². The third-order valence-electron chi connectivity index (χ3n) is 1.11. The van der Waals surface area contributed by atoms with E-state index >= 15 is 0 Å². The van der Waals surface area contributed by atoms with Crippen LogP contribution < -0.4 is 0 Å². The first-order valence-electron chi connectivity index (χ1n) is 3.53. The minimum atomic E-state index is 0.895. The summed E-state index contributed by atoms with van der Waals surface area (Å²) in [5.41, 5.74) is 0.895. The van der Waals surface area contributed by atoms with Gasteiger partial charge in [0.2, 0.25) is 0 Å². The molecule has 0 fully saturated rings. The van der Waals surface area contributed by atoms with Crippen LogP contribution in [0.15, 0.2) is 17.7 Å². The quantitative estimate of drug-likeness (QED) is 0.398. The second-order valence-corrected chi connectivity index (χ2v) is 2.29. The van der Waals surface area contributed by atoms with Crippen molar-refractivity contribution in [3.05, 3.63) is 24.3 Å². The fourth-order valence-electron chi connectivity index (χ4n) is 0.591. The van der Waals surface area contributed by atoms with E-state index in [2.05, 4.69) is 13.0 Å². The van der Waals surface area contributed by atoms with E-state index in [1.165, 1.54) is 12.8 Å². The second kappa shape index (κ2) is 5.61. The molecule has 0 aliphatic rings. The van der Waals surface area contributed by atoms with Gasteiger partial charge in [0.15, 0.2) is 0 Å². The summed E-state index contributed by atoms with van der Waals surface area (Å²) < 4.78 is 0. The van der Waals surface area contributed by atoms with Gasteiger partial charge in [0, 0.05) is 0 Å². The van der Waals surface area contributed by atoms with Crippen molar-refractivity contribution in [2.45, 2.75) is 33.1 Å². The Balaban J connectivity index is 3.15. The molecule has 0 N–H and O–H groups in total. The van der Waals surface area contributed by atoms with E-state index in [4.69, 9.17) is 6.58 Å². The molecule has 0 heterocycles. The predicted molar refractivity (Wildman–Crippen MR) is 42.2 cm³/mol. The molecule has 1 radical (unpaired) electrons. The maximum absolute atomic E-state index is 5.40. The molecule has 0 aliphatic heterocycles. The molecular weight excluding hydrogens is 108 g/mol. The van der Waals surface area contributed by atoms with Crippen molar-refractivity contribution in [1.29, 1.82) is 0 Å². The summed E-state index contributed by atoms with van der Waals surface area (Å²) in [7, 11) is 0. The van der Waals surface area contributed by atoms with Gasteiger partial charge in [-0.2, -0.15) is 0 Å². The zero-order chi connectivity index (χ0) is 7.11. The molecule has 0 rings (SSSR count). The second-order valence-electron chi connectivity index (χ2n) is 2.29. The number of hydrogen-bond acceptors (Lipinski definition) is 0. The molecule has 0 spiro atoms. The molecule has 0 heteroatoms. The Kier molecular flexibility index (Phi) is 5.29. The minimum absolute atomic E-state index is 0.895. The van der Waals surface area contributed by atoms with E-state index in [9.17, 15) is 0 Å². The van der Waals surface area contributed by atoms with Crippen molar-refractivity contribution in [1.82, 2.24) is 0 Å². The van der Waals surface area contributed by atoms with Gasteiger partial charge in [-0.15, -0.1) is 0 Å². The van der Waals surface area contributed by atoms with E-state index in [-0.39, 0.29) is 0 Å². The molecule has 0 bridgehead atoms. The average molecular weight is 123 g/mol. The van der Waals surface area contributed by atoms with Crippen LogP contribution in [0, 0.1) is 6.58 Å². The Hall–Kier alpha value is -0.520. The van der Waals surface area contributed by atoms with Gasteiger partial charge in [0.25, 0.3) is 0 Å². The van der Waals surface area contributed by atoms with E-state index < -0.39 is 0 Å². The van der Waals surface area contributed by atoms with Gasteiger partial charge in [-0.3, -0.25) is 0 Å². The molecule has 0 aromatic heterocycles. The fourth-order valence-corrected chi connectivity index (χ4v) is 0.591. The van der Waals surface area contributed by atoms with Crippen molar-refractivity contribution in [2.24, 2.45) is 0 Å². The maximum Gasteiger partial charge on any atom is -0.0348 e. The predicted octanol–water partition coefficient (Wildman–Crippen LogP) is 3.11. The lowest BCUT2D eigenvalue weighted by Crippen LogP contribution is -1.67. The lowest BCUT2D eigenvalue weighted by atomic mass is 10.2. The highest BCUT2D eigenvalue weighted by Crippen LogP contribution is 1.97. The molecule has 0 amide bonds. The maximum atomic E-state index is 5.40. The summed E-state index contributed by atoms with van der Waals surface area (Å²) in [6, 6.07) is 0. The van der Waals surface area contributed by atoms with Crippen LogP contribution in [0.25, 0.3) is 0 Å². The first-order chi connectivity index (χ1) is 4.27. The van der Waals surface area contributed by atoms with Crippen molar-refractivity contribution in [3.63, 3.8) is 0 Å². The van der Waals surface area contributed by atoms with Crippen LogP contribution in [-0.2, 0) is 0 Å². The van der Waals surface area contributed by atoms with Crippen LogP contribution in [0.2, 0.25) is 0 Å². The first kappa shape index (κ1) is 8.48. The Morgan fingerprint density at radius 3 is 2.67 bits per heavy atom. The van der Waals surface area contributed by atoms with Gasteiger partial charge in [-0.05, 0) is 13.3 Å². The Morgan fingerprint density at radius 2 is 2.22 bits per heavy atom. The molecule has 0 aliphatic carbocycles. The highest BCUT2D eigenvalue weighted by Gasteiger charge is 1.77. The normalized spacial score (nSPS) is 10.4. The molecule has 0 saturated carbocycles. The van der Waals surface area contributed by atoms with Crippen molar-refractivity contribution in [3.8, 4) is 0 Å². The summed E-state index contributed by atoms with van der Waals surface area (Å²) in [6.45, 7) is 9.50. The highest BCUT2D eigenvalue weighted by molar-refractivity contribution is 5.08. The molecule has 51 valence electrons. The Bertz CT molecular complexity index is 98.6. The molecule has 0 unspecified atom stereocenters. The van der Waals surface area contributed by atoms with Crippen LogP contribution >= 0.6 is 0 Å². The summed E-state index contributed by atoms with van der Waals surface area (Å²) in [5, 5.41) is 0. The molecule has 0 saturated heterocycles. The zero-order valence-corrected chi connectivity index (χ0v) is 6.35. The van der Waals surface area contributed by atoms with Crippen LogP contribution in [0.1, 0.15) is 33.1 Å². The third kappa shape index (κ3) is 7.48. The standard InChI is InChI=1S/C9H15/c1-4-5-6-7-8-9(2)3/h2,7-8H,4-6H2,1,3H3. The SMILES string of the molecule is [CH]=C(C)C=CCCCC. The third-order valence-corrected chi connectivity index (χ3v) is 1.11. The smallest absolute Gasteiger partial charge is 0.0348 e. The number of allylic oxidation sites excluding steroid dienone is 3. The van der Waals surface area contributed by atoms with Gasteiger partial charge in [-0.1, -0.05) is 44.1 Å². The van der Waals surface area contributed by atoms with Crippen molar-refractivity contribution < 1.29 is 0 Å². The van der Waals surface area contributed by atoms with Gasteiger partial charge < -0.3 is 0 Å². The molecule has 9 heavy (non-hydrogen) atoms. The Labute approximate surface area is 58.3 Å². The molecule has 0 atom stereocenters. The first-order valence-corrected chi connectivity index (χ1v) is 3.53. The lowest BCUT2D eigenvalue weighted by molar-refractivity contribution is 0.814. The van der Waals surface area contributed by atoms with Crippen molar-refractivity contribution >= 4 is 0 Å². The number of rotatable bonds is 4. The van der Waals surface area contributed by atoms with E-state index in [1.807, 2.05) is 13.0 Å². The molecule has 0 nitrogen and oxygen atoms in total. The van der Waals surface area contributed by atoms with Gasteiger partial charge >= 0.3 is 0 Å². The van der Waals surface area contributed by atoms with Crippen LogP contribution in [0.5, 0.6) is 0 Å². The number of unbranched alkanes of at least 4 members (excludes halogenated alkanes) is 2. The lowest BCUT2D eigenvalue weighted by Gasteiger charge is -1.87. The van der Waals surface area contributed by atoms with Gasteiger partial charge in [0.05, 0.1) is 0 Å². The largest absolute Gasteiger partial charge is 0.0843 e. The Morgan fingerprint density at radius 1 is 1.56 bits per heavy atom. The highest BCUT2D eigenvalue weighted by atomic mass is 13.8. The zero-order valence-electron chi connectivity index (χ0n) is 6.35. The van der Waals surface area contributed by atoms with E-state index in [0.717, 1.165) is 12.0 Å². The monoisotopic (exact) mass is 123 g/mol. The molecule has 0 aromatic rings. The summed E-state index contributed by atoms with van der Waals surface area (Å²) in [6.07, 6.45) is 7.78. The topological polar surface area (TPSA) is 0 Å². The minimum Gasteiger partial charge on any atom is -0.0843 e. The van der Waals surface area contributed by atoms with Crippen LogP contribution in [0.4, 0.5) is 0 Å². The molecular formula is C9H15. The number of hydrogen-bond donors (Lipinski definition) is 0. The summed E-state index contributed by atoms with van der Waals surface area (Å²) in [5.74, 6) is 0. The fraction of sp³-hybridized carbons (Fsp3) is 0.556.